The highest BCUT2D eigenvalue weighted by atomic mass is 32.2. The van der Waals surface area contributed by atoms with E-state index >= 15 is 0 Å². The first-order valence-electron chi connectivity index (χ1n) is 9.92. The number of piperazine rings is 1. The van der Waals surface area contributed by atoms with Gasteiger partial charge in [-0.25, -0.2) is 13.1 Å². The van der Waals surface area contributed by atoms with Gasteiger partial charge in [0, 0.05) is 37.4 Å². The number of nitrogens with zero attached hydrogens (tertiary/aromatic N) is 4. The predicted octanol–water partition coefficient (Wildman–Crippen LogP) is 2.54. The zero-order chi connectivity index (χ0) is 23.0. The van der Waals surface area contributed by atoms with E-state index in [0.717, 1.165) is 12.1 Å². The number of aromatic nitrogens is 2. The first-order chi connectivity index (χ1) is 14.4. The molecule has 3 rings (SSSR count). The molecule has 0 aliphatic carbocycles. The van der Waals surface area contributed by atoms with Crippen LogP contribution in [0.4, 0.5) is 13.2 Å². The lowest BCUT2D eigenvalue weighted by Crippen LogP contribution is -2.51. The largest absolute Gasteiger partial charge is 0.416 e. The van der Waals surface area contributed by atoms with Crippen molar-refractivity contribution in [3.05, 3.63) is 46.8 Å². The molecule has 2 aromatic rings. The van der Waals surface area contributed by atoms with Crippen molar-refractivity contribution < 1.29 is 26.4 Å². The van der Waals surface area contributed by atoms with E-state index in [4.69, 9.17) is 0 Å². The molecule has 1 amide bonds. The molecule has 1 aromatic heterocycles. The fourth-order valence-electron chi connectivity index (χ4n) is 3.66. The van der Waals surface area contributed by atoms with Gasteiger partial charge in [-0.1, -0.05) is 6.07 Å². The topological polar surface area (TPSA) is 75.5 Å². The second-order valence-electron chi connectivity index (χ2n) is 7.47. The van der Waals surface area contributed by atoms with Crippen LogP contribution < -0.4 is 0 Å². The lowest BCUT2D eigenvalue weighted by molar-refractivity contribution is -0.137. The molecule has 0 N–H and O–H groups in total. The molecule has 0 spiro atoms. The summed E-state index contributed by atoms with van der Waals surface area (Å²) in [5.74, 6) is -0.142. The predicted molar refractivity (Wildman–Crippen MR) is 109 cm³/mol. The second-order valence-corrected chi connectivity index (χ2v) is 9.72. The Bertz CT molecular complexity index is 1070. The average Bonchev–Trinajstić information content (AvgIpc) is 3.01. The van der Waals surface area contributed by atoms with Gasteiger partial charge in [-0.3, -0.25) is 4.79 Å². The molecule has 170 valence electrons. The molecule has 1 aromatic carbocycles. The van der Waals surface area contributed by atoms with Gasteiger partial charge in [-0.05, 0) is 39.0 Å². The van der Waals surface area contributed by atoms with Crippen LogP contribution in [0.25, 0.3) is 5.69 Å². The normalized spacial score (nSPS) is 16.0. The molecule has 0 saturated carbocycles. The summed E-state index contributed by atoms with van der Waals surface area (Å²) in [6, 6.07) is 4.88. The molecule has 7 nitrogen and oxygen atoms in total. The van der Waals surface area contributed by atoms with Crippen molar-refractivity contribution in [2.75, 3.05) is 31.9 Å². The van der Waals surface area contributed by atoms with Crippen LogP contribution in [0.2, 0.25) is 0 Å². The summed E-state index contributed by atoms with van der Waals surface area (Å²) in [7, 11) is -3.28. The average molecular weight is 459 g/mol. The van der Waals surface area contributed by atoms with Crippen molar-refractivity contribution in [1.82, 2.24) is 19.0 Å². The number of aryl methyl sites for hydroxylation is 1. The number of sulfonamides is 1. The highest BCUT2D eigenvalue weighted by Crippen LogP contribution is 2.31. The third-order valence-electron chi connectivity index (χ3n) is 5.54. The van der Waals surface area contributed by atoms with Crippen LogP contribution in [0.5, 0.6) is 0 Å². The third kappa shape index (κ3) is 4.93. The summed E-state index contributed by atoms with van der Waals surface area (Å²) in [4.78, 5) is 14.4. The van der Waals surface area contributed by atoms with E-state index in [-0.39, 0.29) is 36.9 Å². The number of alkyl halides is 3. The van der Waals surface area contributed by atoms with Crippen LogP contribution in [-0.2, 0) is 27.4 Å². The number of amides is 1. The lowest BCUT2D eigenvalue weighted by atomic mass is 10.1. The maximum absolute atomic E-state index is 13.0. The summed E-state index contributed by atoms with van der Waals surface area (Å²) in [5.41, 5.74) is 1.32. The van der Waals surface area contributed by atoms with Crippen molar-refractivity contribution in [1.29, 1.82) is 0 Å². The van der Waals surface area contributed by atoms with Gasteiger partial charge in [0.2, 0.25) is 15.9 Å². The van der Waals surface area contributed by atoms with E-state index in [1.54, 1.807) is 25.7 Å². The molecule has 0 unspecified atom stereocenters. The SMILES string of the molecule is CCS(=O)(=O)N1CCN(C(=O)Cc2c(C)nn(-c3cccc(C(F)(F)F)c3)c2C)CC1. The van der Waals surface area contributed by atoms with Crippen LogP contribution in [0, 0.1) is 13.8 Å². The highest BCUT2D eigenvalue weighted by molar-refractivity contribution is 7.89. The molecule has 0 bridgehead atoms. The number of hydrogen-bond donors (Lipinski definition) is 0. The Kier molecular flexibility index (Phi) is 6.47. The number of hydrogen-bond acceptors (Lipinski definition) is 4. The molecule has 1 fully saturated rings. The Labute approximate surface area is 179 Å². The van der Waals surface area contributed by atoms with Gasteiger partial charge in [0.1, 0.15) is 0 Å². The summed E-state index contributed by atoms with van der Waals surface area (Å²) >= 11 is 0. The highest BCUT2D eigenvalue weighted by Gasteiger charge is 2.31. The molecule has 1 aliphatic heterocycles. The minimum Gasteiger partial charge on any atom is -0.340 e. The maximum atomic E-state index is 13.0. The lowest BCUT2D eigenvalue weighted by Gasteiger charge is -2.33. The quantitative estimate of drug-likeness (QED) is 0.690. The molecule has 11 heteroatoms. The Morgan fingerprint density at radius 2 is 1.77 bits per heavy atom. The van der Waals surface area contributed by atoms with Gasteiger partial charge in [-0.2, -0.15) is 22.6 Å². The van der Waals surface area contributed by atoms with E-state index in [2.05, 4.69) is 5.10 Å². The van der Waals surface area contributed by atoms with Crippen molar-refractivity contribution in [2.45, 2.75) is 33.4 Å². The number of halogens is 3. The van der Waals surface area contributed by atoms with E-state index in [1.807, 2.05) is 0 Å². The van der Waals surface area contributed by atoms with E-state index < -0.39 is 21.8 Å². The smallest absolute Gasteiger partial charge is 0.340 e. The van der Waals surface area contributed by atoms with Gasteiger partial charge < -0.3 is 4.90 Å². The van der Waals surface area contributed by atoms with E-state index in [9.17, 15) is 26.4 Å². The number of carbonyl (C=O) groups is 1. The molecule has 2 heterocycles. The number of rotatable bonds is 5. The monoisotopic (exact) mass is 458 g/mol. The number of carbonyl (C=O) groups excluding carboxylic acids is 1. The van der Waals surface area contributed by atoms with Crippen LogP contribution in [0.3, 0.4) is 0 Å². The second kappa shape index (κ2) is 8.62. The molecule has 31 heavy (non-hydrogen) atoms. The Hall–Kier alpha value is -2.40. The number of benzene rings is 1. The summed E-state index contributed by atoms with van der Waals surface area (Å²) in [5, 5.41) is 4.35. The summed E-state index contributed by atoms with van der Waals surface area (Å²) in [6.45, 7) is 6.13. The van der Waals surface area contributed by atoms with Crippen molar-refractivity contribution in [2.24, 2.45) is 0 Å². The molecule has 0 radical (unpaired) electrons. The first-order valence-corrected chi connectivity index (χ1v) is 11.5. The first kappa shape index (κ1) is 23.3. The zero-order valence-electron chi connectivity index (χ0n) is 17.6. The third-order valence-corrected chi connectivity index (χ3v) is 7.42. The minimum absolute atomic E-state index is 0.0219. The Morgan fingerprint density at radius 1 is 1.13 bits per heavy atom. The van der Waals surface area contributed by atoms with Gasteiger partial charge in [-0.15, -0.1) is 0 Å². The molecule has 1 saturated heterocycles. The fourth-order valence-corrected chi connectivity index (χ4v) is 4.74. The van der Waals surface area contributed by atoms with E-state index in [1.165, 1.54) is 21.1 Å². The van der Waals surface area contributed by atoms with Crippen LogP contribution in [0.15, 0.2) is 24.3 Å². The zero-order valence-corrected chi connectivity index (χ0v) is 18.4. The van der Waals surface area contributed by atoms with Crippen LogP contribution in [0.1, 0.15) is 29.4 Å². The summed E-state index contributed by atoms with van der Waals surface area (Å²) < 4.78 is 65.9. The molecule has 1 aliphatic rings. The molecular weight excluding hydrogens is 433 g/mol. The molecule has 0 atom stereocenters. The maximum Gasteiger partial charge on any atom is 0.416 e. The fraction of sp³-hybridized carbons (Fsp3) is 0.500. The Morgan fingerprint density at radius 3 is 2.35 bits per heavy atom. The van der Waals surface area contributed by atoms with Gasteiger partial charge in [0.25, 0.3) is 0 Å². The molecular formula is C20H25F3N4O3S. The van der Waals surface area contributed by atoms with Crippen molar-refractivity contribution in [3.8, 4) is 5.69 Å². The Balaban J connectivity index is 1.76. The van der Waals surface area contributed by atoms with E-state index in [0.29, 0.717) is 30.0 Å². The van der Waals surface area contributed by atoms with Crippen molar-refractivity contribution >= 4 is 15.9 Å². The van der Waals surface area contributed by atoms with Gasteiger partial charge in [0.15, 0.2) is 0 Å². The van der Waals surface area contributed by atoms with Crippen LogP contribution >= 0.6 is 0 Å². The van der Waals surface area contributed by atoms with Gasteiger partial charge in [0.05, 0.1) is 29.1 Å². The minimum atomic E-state index is -4.46. The van der Waals surface area contributed by atoms with Crippen LogP contribution in [-0.4, -0.2) is 65.2 Å². The van der Waals surface area contributed by atoms with Crippen molar-refractivity contribution in [3.63, 3.8) is 0 Å². The standard InChI is InChI=1S/C20H25F3N4O3S/c1-4-31(29,30)26-10-8-25(9-11-26)19(28)13-18-14(2)24-27(15(18)3)17-7-5-6-16(12-17)20(21,22)23/h5-7,12H,4,8-11,13H2,1-3H3. The summed E-state index contributed by atoms with van der Waals surface area (Å²) in [6.07, 6.45) is -4.41. The van der Waals surface area contributed by atoms with Gasteiger partial charge >= 0.3 is 6.18 Å².